The van der Waals surface area contributed by atoms with Crippen LogP contribution in [0, 0.1) is 5.41 Å². The third-order valence-corrected chi connectivity index (χ3v) is 7.04. The first-order valence-corrected chi connectivity index (χ1v) is 14.9. The predicted octanol–water partition coefficient (Wildman–Crippen LogP) is 9.95. The fraction of sp³-hybridized carbons (Fsp3) is 0.500. The summed E-state index contributed by atoms with van der Waals surface area (Å²) in [5.41, 5.74) is 8.43. The van der Waals surface area contributed by atoms with Crippen molar-refractivity contribution < 1.29 is 0 Å². The van der Waals surface area contributed by atoms with Crippen molar-refractivity contribution in [3.63, 3.8) is 0 Å². The van der Waals surface area contributed by atoms with Gasteiger partial charge in [-0.25, -0.2) is 0 Å². The van der Waals surface area contributed by atoms with Gasteiger partial charge in [-0.1, -0.05) is 103 Å². The van der Waals surface area contributed by atoms with Crippen LogP contribution in [0.2, 0.25) is 0 Å². The first kappa shape index (κ1) is 32.4. The summed E-state index contributed by atoms with van der Waals surface area (Å²) in [7, 11) is 0. The van der Waals surface area contributed by atoms with Crippen LogP contribution in [0.3, 0.4) is 0 Å². The van der Waals surface area contributed by atoms with Gasteiger partial charge in [-0.05, 0) is 86.3 Å². The number of hydrogen-bond acceptors (Lipinski definition) is 3. The van der Waals surface area contributed by atoms with Crippen molar-refractivity contribution in [3.05, 3.63) is 85.2 Å². The molecule has 2 aromatic rings. The molecule has 0 aromatic heterocycles. The summed E-state index contributed by atoms with van der Waals surface area (Å²) in [6, 6.07) is 17.4. The van der Waals surface area contributed by atoms with E-state index in [9.17, 15) is 0 Å². The predicted molar refractivity (Wildman–Crippen MR) is 175 cm³/mol. The Hall–Kier alpha value is -2.78. The molecule has 214 valence electrons. The van der Waals surface area contributed by atoms with Gasteiger partial charge in [0.2, 0.25) is 0 Å². The second-order valence-corrected chi connectivity index (χ2v) is 12.9. The average molecular weight is 530 g/mol. The highest BCUT2D eigenvalue weighted by atomic mass is 15.0. The molecule has 2 aromatic carbocycles. The molecule has 0 saturated heterocycles. The minimum Gasteiger partial charge on any atom is -0.388 e. The van der Waals surface area contributed by atoms with Gasteiger partial charge in [0.15, 0.2) is 0 Å². The Labute approximate surface area is 240 Å². The lowest BCUT2D eigenvalue weighted by Gasteiger charge is -2.22. The zero-order valence-corrected chi connectivity index (χ0v) is 25.8. The Morgan fingerprint density at radius 3 is 1.62 bits per heavy atom. The molecule has 0 radical (unpaired) electrons. The molecule has 0 aliphatic rings. The Morgan fingerprint density at radius 1 is 0.615 bits per heavy atom. The van der Waals surface area contributed by atoms with Crippen LogP contribution >= 0.6 is 0 Å². The van der Waals surface area contributed by atoms with Crippen molar-refractivity contribution in [2.75, 3.05) is 18.4 Å². The monoisotopic (exact) mass is 529 g/mol. The SMILES string of the molecule is C=C(CCCCCCCCC(=C)Nc1ccc(-c2ccc(C(=C)C(C)(C)C)cc2)cc1)NCCNC(C)(C)C. The largest absolute Gasteiger partial charge is 0.388 e. The molecular formula is C36H55N3. The minimum absolute atomic E-state index is 0.0781. The van der Waals surface area contributed by atoms with Crippen LogP contribution in [0.25, 0.3) is 16.7 Å². The minimum atomic E-state index is 0.0781. The van der Waals surface area contributed by atoms with E-state index >= 15 is 0 Å². The van der Waals surface area contributed by atoms with E-state index in [1.54, 1.807) is 0 Å². The van der Waals surface area contributed by atoms with Crippen LogP contribution in [0.15, 0.2) is 79.7 Å². The highest BCUT2D eigenvalue weighted by Gasteiger charge is 2.16. The fourth-order valence-electron chi connectivity index (χ4n) is 4.46. The summed E-state index contributed by atoms with van der Waals surface area (Å²) in [5.74, 6) is 0. The number of rotatable bonds is 17. The zero-order valence-electron chi connectivity index (χ0n) is 25.8. The second-order valence-electron chi connectivity index (χ2n) is 12.9. The third kappa shape index (κ3) is 13.2. The summed E-state index contributed by atoms with van der Waals surface area (Å²) in [4.78, 5) is 0. The third-order valence-electron chi connectivity index (χ3n) is 7.04. The van der Waals surface area contributed by atoms with Gasteiger partial charge in [0.1, 0.15) is 0 Å². The molecule has 39 heavy (non-hydrogen) atoms. The smallest absolute Gasteiger partial charge is 0.0382 e. The van der Waals surface area contributed by atoms with Crippen LogP contribution in [0.5, 0.6) is 0 Å². The molecule has 2 rings (SSSR count). The highest BCUT2D eigenvalue weighted by Crippen LogP contribution is 2.33. The molecule has 3 heteroatoms. The number of benzene rings is 2. The van der Waals surface area contributed by atoms with E-state index in [1.807, 2.05) is 0 Å². The van der Waals surface area contributed by atoms with Crippen LogP contribution in [0.1, 0.15) is 98.5 Å². The maximum Gasteiger partial charge on any atom is 0.0382 e. The summed E-state index contributed by atoms with van der Waals surface area (Å²) in [6.07, 6.45) is 9.63. The number of anilines is 1. The van der Waals surface area contributed by atoms with Gasteiger partial charge in [-0.3, -0.25) is 0 Å². The number of nitrogens with one attached hydrogen (secondary N) is 3. The Bertz CT molecular complexity index is 1030. The molecule has 0 unspecified atom stereocenters. The van der Waals surface area contributed by atoms with Crippen molar-refractivity contribution in [2.24, 2.45) is 5.41 Å². The maximum atomic E-state index is 4.28. The van der Waals surface area contributed by atoms with Gasteiger partial charge in [-0.2, -0.15) is 0 Å². The van der Waals surface area contributed by atoms with Gasteiger partial charge < -0.3 is 16.0 Å². The molecule has 0 spiro atoms. The van der Waals surface area contributed by atoms with E-state index in [0.29, 0.717) is 0 Å². The normalized spacial score (nSPS) is 11.7. The lowest BCUT2D eigenvalue weighted by atomic mass is 9.83. The van der Waals surface area contributed by atoms with E-state index in [4.69, 9.17) is 0 Å². The summed E-state index contributed by atoms with van der Waals surface area (Å²) < 4.78 is 0. The van der Waals surface area contributed by atoms with E-state index in [-0.39, 0.29) is 11.0 Å². The van der Waals surface area contributed by atoms with E-state index in [0.717, 1.165) is 37.3 Å². The van der Waals surface area contributed by atoms with Crippen molar-refractivity contribution in [3.8, 4) is 11.1 Å². The molecule has 0 fully saturated rings. The van der Waals surface area contributed by atoms with E-state index in [1.165, 1.54) is 66.5 Å². The number of allylic oxidation sites excluding steroid dienone is 3. The number of hydrogen-bond donors (Lipinski definition) is 3. The molecule has 3 N–H and O–H groups in total. The van der Waals surface area contributed by atoms with Gasteiger partial charge in [-0.15, -0.1) is 0 Å². The summed E-state index contributed by atoms with van der Waals surface area (Å²) in [5, 5.41) is 10.4. The number of unbranched alkanes of at least 4 members (excludes halogenated alkanes) is 5. The molecule has 0 saturated carbocycles. The highest BCUT2D eigenvalue weighted by molar-refractivity contribution is 5.72. The molecule has 0 bridgehead atoms. The van der Waals surface area contributed by atoms with Gasteiger partial charge in [0.05, 0.1) is 0 Å². The van der Waals surface area contributed by atoms with Crippen molar-refractivity contribution >= 4 is 11.3 Å². The lowest BCUT2D eigenvalue weighted by Crippen LogP contribution is -2.39. The topological polar surface area (TPSA) is 36.1 Å². The summed E-state index contributed by atoms with van der Waals surface area (Å²) >= 11 is 0. The first-order chi connectivity index (χ1) is 18.3. The molecule has 0 aliphatic heterocycles. The maximum absolute atomic E-state index is 4.28. The Balaban J connectivity index is 1.58. The second kappa shape index (κ2) is 15.7. The van der Waals surface area contributed by atoms with Crippen LogP contribution in [-0.4, -0.2) is 18.6 Å². The molecular weight excluding hydrogens is 474 g/mol. The first-order valence-electron chi connectivity index (χ1n) is 14.9. The van der Waals surface area contributed by atoms with Crippen LogP contribution in [-0.2, 0) is 0 Å². The van der Waals surface area contributed by atoms with E-state index in [2.05, 4.69) is 126 Å². The standard InChI is InChI=1S/C36H55N3/c1-28(37-26-27-38-36(7,8)9)16-14-12-10-11-13-15-17-29(2)39-34-24-22-33(23-25-34)32-20-18-31(19-21-32)30(3)35(4,5)6/h18-25,37-39H,1-3,10-17,26-27H2,4-9H3. The van der Waals surface area contributed by atoms with Gasteiger partial charge in [0, 0.05) is 35.7 Å². The van der Waals surface area contributed by atoms with Crippen molar-refractivity contribution in [2.45, 2.75) is 98.4 Å². The van der Waals surface area contributed by atoms with Crippen molar-refractivity contribution in [1.29, 1.82) is 0 Å². The van der Waals surface area contributed by atoms with Crippen molar-refractivity contribution in [1.82, 2.24) is 10.6 Å². The average Bonchev–Trinajstić information content (AvgIpc) is 2.87. The fourth-order valence-corrected chi connectivity index (χ4v) is 4.46. The van der Waals surface area contributed by atoms with Crippen LogP contribution < -0.4 is 16.0 Å². The molecule has 0 amide bonds. The molecule has 0 heterocycles. The van der Waals surface area contributed by atoms with E-state index < -0.39 is 0 Å². The van der Waals surface area contributed by atoms with Crippen LogP contribution in [0.4, 0.5) is 5.69 Å². The van der Waals surface area contributed by atoms with Gasteiger partial charge >= 0.3 is 0 Å². The molecule has 3 nitrogen and oxygen atoms in total. The lowest BCUT2D eigenvalue weighted by molar-refractivity contribution is 0.425. The quantitative estimate of drug-likeness (QED) is 0.178. The molecule has 0 atom stereocenters. The molecule has 0 aliphatic carbocycles. The Kier molecular flexibility index (Phi) is 13.1. The van der Waals surface area contributed by atoms with Gasteiger partial charge in [0.25, 0.3) is 0 Å². The zero-order chi connectivity index (χ0) is 28.9. The Morgan fingerprint density at radius 2 is 1.10 bits per heavy atom. The summed E-state index contributed by atoms with van der Waals surface area (Å²) in [6.45, 7) is 27.8.